The average Bonchev–Trinajstić information content (AvgIpc) is 2.66. The molecule has 0 aliphatic carbocycles. The van der Waals surface area contributed by atoms with Gasteiger partial charge in [0.05, 0.1) is 7.11 Å². The fraction of sp³-hybridized carbons (Fsp3) is 0.273. The van der Waals surface area contributed by atoms with Gasteiger partial charge in [-0.2, -0.15) is 0 Å². The van der Waals surface area contributed by atoms with Crippen molar-refractivity contribution in [1.29, 1.82) is 0 Å². The summed E-state index contributed by atoms with van der Waals surface area (Å²) in [5.74, 6) is 1.60. The lowest BCUT2D eigenvalue weighted by Crippen LogP contribution is -2.16. The highest BCUT2D eigenvalue weighted by Gasteiger charge is 2.22. The van der Waals surface area contributed by atoms with Gasteiger partial charge in [-0.1, -0.05) is 26.8 Å². The van der Waals surface area contributed by atoms with Crippen molar-refractivity contribution in [3.63, 3.8) is 0 Å². The molecule has 3 rings (SSSR count). The molecule has 0 unspecified atom stereocenters. The Kier molecular flexibility index (Phi) is 5.31. The second-order valence-corrected chi connectivity index (χ2v) is 7.44. The Morgan fingerprint density at radius 1 is 1.11 bits per heavy atom. The quantitative estimate of drug-likeness (QED) is 0.707. The van der Waals surface area contributed by atoms with Crippen LogP contribution in [0.4, 0.5) is 5.82 Å². The number of ether oxygens (including phenoxy) is 1. The van der Waals surface area contributed by atoms with Gasteiger partial charge in [0.1, 0.15) is 11.6 Å². The number of methoxy groups -OCH3 is 1. The Morgan fingerprint density at radius 3 is 2.56 bits per heavy atom. The van der Waals surface area contributed by atoms with Gasteiger partial charge in [0.25, 0.3) is 5.56 Å². The van der Waals surface area contributed by atoms with Gasteiger partial charge in [-0.3, -0.25) is 4.79 Å². The fourth-order valence-electron chi connectivity index (χ4n) is 3.06. The number of aromatic amines is 1. The minimum atomic E-state index is -0.116. The molecule has 27 heavy (non-hydrogen) atoms. The van der Waals surface area contributed by atoms with Crippen molar-refractivity contribution in [2.45, 2.75) is 32.7 Å². The van der Waals surface area contributed by atoms with E-state index in [9.17, 15) is 4.79 Å². The van der Waals surface area contributed by atoms with Crippen molar-refractivity contribution in [3.8, 4) is 16.9 Å². The van der Waals surface area contributed by atoms with Crippen molar-refractivity contribution in [2.24, 2.45) is 0 Å². The number of H-pyrrole nitrogens is 1. The van der Waals surface area contributed by atoms with Crippen LogP contribution in [0.2, 0.25) is 0 Å². The maximum atomic E-state index is 12.4. The lowest BCUT2D eigenvalue weighted by atomic mass is 9.83. The van der Waals surface area contributed by atoms with E-state index in [1.54, 1.807) is 19.5 Å². The van der Waals surface area contributed by atoms with E-state index in [1.165, 1.54) is 0 Å². The number of rotatable bonds is 5. The Labute approximate surface area is 159 Å². The second kappa shape index (κ2) is 7.66. The van der Waals surface area contributed by atoms with Gasteiger partial charge in [0.15, 0.2) is 0 Å². The van der Waals surface area contributed by atoms with Gasteiger partial charge in [0.2, 0.25) is 0 Å². The molecule has 0 saturated heterocycles. The zero-order valence-corrected chi connectivity index (χ0v) is 16.2. The van der Waals surface area contributed by atoms with Gasteiger partial charge >= 0.3 is 0 Å². The van der Waals surface area contributed by atoms with E-state index in [1.807, 2.05) is 36.4 Å². The number of pyridine rings is 2. The van der Waals surface area contributed by atoms with Crippen LogP contribution in [0.25, 0.3) is 11.1 Å². The Hall–Kier alpha value is -3.08. The minimum Gasteiger partial charge on any atom is -0.496 e. The fourth-order valence-corrected chi connectivity index (χ4v) is 3.06. The molecule has 0 saturated carbocycles. The largest absolute Gasteiger partial charge is 0.496 e. The van der Waals surface area contributed by atoms with Gasteiger partial charge in [0, 0.05) is 30.1 Å². The highest BCUT2D eigenvalue weighted by molar-refractivity contribution is 5.70. The molecule has 140 valence electrons. The lowest BCUT2D eigenvalue weighted by molar-refractivity contribution is 0.397. The maximum absolute atomic E-state index is 12.4. The summed E-state index contributed by atoms with van der Waals surface area (Å²) in [6.45, 7) is 6.93. The standard InChI is InChI=1S/C22H25N3O2/c1-22(2,3)18-13-17(16-8-7-11-24-21(16)26)15(12-19(18)27-4)14-25-20-9-5-6-10-23-20/h5-13H,14H2,1-4H3,(H,23,25)(H,24,26). The first-order valence-corrected chi connectivity index (χ1v) is 8.94. The summed E-state index contributed by atoms with van der Waals surface area (Å²) in [5.41, 5.74) is 3.34. The highest BCUT2D eigenvalue weighted by atomic mass is 16.5. The molecule has 5 heteroatoms. The van der Waals surface area contributed by atoms with E-state index in [2.05, 4.69) is 42.1 Å². The lowest BCUT2D eigenvalue weighted by Gasteiger charge is -2.25. The van der Waals surface area contributed by atoms with E-state index >= 15 is 0 Å². The molecule has 0 atom stereocenters. The van der Waals surface area contributed by atoms with Crippen molar-refractivity contribution in [2.75, 3.05) is 12.4 Å². The smallest absolute Gasteiger partial charge is 0.255 e. The van der Waals surface area contributed by atoms with Crippen LogP contribution < -0.4 is 15.6 Å². The van der Waals surface area contributed by atoms with Crippen LogP contribution in [0.3, 0.4) is 0 Å². The number of nitrogens with zero attached hydrogens (tertiary/aromatic N) is 1. The van der Waals surface area contributed by atoms with E-state index in [0.717, 1.165) is 28.3 Å². The number of benzene rings is 1. The van der Waals surface area contributed by atoms with Crippen molar-refractivity contribution >= 4 is 5.82 Å². The molecule has 0 aliphatic rings. The third-order valence-corrected chi connectivity index (χ3v) is 4.47. The van der Waals surface area contributed by atoms with Gasteiger partial charge < -0.3 is 15.0 Å². The summed E-state index contributed by atoms with van der Waals surface area (Å²) in [7, 11) is 1.68. The Balaban J connectivity index is 2.12. The van der Waals surface area contributed by atoms with Crippen LogP contribution in [-0.2, 0) is 12.0 Å². The van der Waals surface area contributed by atoms with Gasteiger partial charge in [-0.05, 0) is 52.9 Å². The summed E-state index contributed by atoms with van der Waals surface area (Å²) < 4.78 is 5.66. The number of aromatic nitrogens is 2. The molecule has 0 aliphatic heterocycles. The normalized spacial score (nSPS) is 11.3. The molecule has 2 aromatic heterocycles. The molecule has 0 fully saturated rings. The molecule has 0 spiro atoms. The van der Waals surface area contributed by atoms with Crippen molar-refractivity contribution in [3.05, 3.63) is 76.3 Å². The SMILES string of the molecule is COc1cc(CNc2ccccn2)c(-c2ccc[nH]c2=O)cc1C(C)(C)C. The highest BCUT2D eigenvalue weighted by Crippen LogP contribution is 2.37. The Bertz CT molecular complexity index is 973. The monoisotopic (exact) mass is 363 g/mol. The van der Waals surface area contributed by atoms with E-state index in [-0.39, 0.29) is 11.0 Å². The maximum Gasteiger partial charge on any atom is 0.255 e. The molecule has 5 nitrogen and oxygen atoms in total. The summed E-state index contributed by atoms with van der Waals surface area (Å²) in [6, 6.07) is 13.5. The Morgan fingerprint density at radius 2 is 1.93 bits per heavy atom. The van der Waals surface area contributed by atoms with Crippen LogP contribution >= 0.6 is 0 Å². The number of nitrogens with one attached hydrogen (secondary N) is 2. The number of hydrogen-bond acceptors (Lipinski definition) is 4. The van der Waals surface area contributed by atoms with Gasteiger partial charge in [-0.15, -0.1) is 0 Å². The molecule has 2 heterocycles. The summed E-state index contributed by atoms with van der Waals surface area (Å²) in [6.07, 6.45) is 3.39. The van der Waals surface area contributed by atoms with Crippen LogP contribution in [0.15, 0.2) is 59.7 Å². The third kappa shape index (κ3) is 4.19. The summed E-state index contributed by atoms with van der Waals surface area (Å²) in [4.78, 5) is 19.5. The molecule has 1 aromatic carbocycles. The predicted octanol–water partition coefficient (Wildman–Crippen LogP) is 4.36. The topological polar surface area (TPSA) is 67.0 Å². The zero-order chi connectivity index (χ0) is 19.4. The van der Waals surface area contributed by atoms with E-state index in [4.69, 9.17) is 4.74 Å². The van der Waals surface area contributed by atoms with Crippen LogP contribution in [0, 0.1) is 0 Å². The van der Waals surface area contributed by atoms with Crippen LogP contribution in [-0.4, -0.2) is 17.1 Å². The van der Waals surface area contributed by atoms with Crippen molar-refractivity contribution < 1.29 is 4.74 Å². The van der Waals surface area contributed by atoms with E-state index in [0.29, 0.717) is 12.1 Å². The third-order valence-electron chi connectivity index (χ3n) is 4.47. The van der Waals surface area contributed by atoms with Gasteiger partial charge in [-0.25, -0.2) is 4.98 Å². The molecule has 3 aromatic rings. The summed E-state index contributed by atoms with van der Waals surface area (Å²) in [5, 5.41) is 3.32. The first-order chi connectivity index (χ1) is 12.9. The molecule has 0 radical (unpaired) electrons. The molecule has 0 bridgehead atoms. The zero-order valence-electron chi connectivity index (χ0n) is 16.2. The number of anilines is 1. The van der Waals surface area contributed by atoms with Crippen LogP contribution in [0.1, 0.15) is 31.9 Å². The predicted molar refractivity (Wildman–Crippen MR) is 109 cm³/mol. The van der Waals surface area contributed by atoms with Crippen LogP contribution in [0.5, 0.6) is 5.75 Å². The van der Waals surface area contributed by atoms with Crippen molar-refractivity contribution in [1.82, 2.24) is 9.97 Å². The molecule has 0 amide bonds. The molecular weight excluding hydrogens is 338 g/mol. The number of hydrogen-bond donors (Lipinski definition) is 2. The minimum absolute atomic E-state index is 0.110. The average molecular weight is 363 g/mol. The molecular formula is C22H25N3O2. The first-order valence-electron chi connectivity index (χ1n) is 8.94. The summed E-state index contributed by atoms with van der Waals surface area (Å²) >= 11 is 0. The molecule has 2 N–H and O–H groups in total. The van der Waals surface area contributed by atoms with E-state index < -0.39 is 0 Å². The first kappa shape index (κ1) is 18.7. The second-order valence-electron chi connectivity index (χ2n) is 7.44.